The highest BCUT2D eigenvalue weighted by Crippen LogP contribution is 2.60. The third-order valence-electron chi connectivity index (χ3n) is 13.2. The minimum atomic E-state index is -4.03. The van der Waals surface area contributed by atoms with Crippen LogP contribution in [0.25, 0.3) is 0 Å². The van der Waals surface area contributed by atoms with E-state index in [-0.39, 0.29) is 0 Å². The Morgan fingerprint density at radius 3 is 1.65 bits per heavy atom. The molecule has 2 aromatic rings. The molecule has 0 spiro atoms. The Labute approximate surface area is 264 Å². The third kappa shape index (κ3) is 4.93. The first kappa shape index (κ1) is 29.0. The highest BCUT2D eigenvalue weighted by Gasteiger charge is 2.48. The Morgan fingerprint density at radius 2 is 1.23 bits per heavy atom. The highest BCUT2D eigenvalue weighted by molar-refractivity contribution is 7.98. The molecule has 9 unspecified atom stereocenters. The fourth-order valence-corrected chi connectivity index (χ4v) is 13.5. The van der Waals surface area contributed by atoms with Crippen molar-refractivity contribution in [3.63, 3.8) is 0 Å². The topological polar surface area (TPSA) is 43.4 Å². The van der Waals surface area contributed by atoms with Crippen LogP contribution in [0.15, 0.2) is 34.1 Å². The molecule has 0 saturated heterocycles. The summed E-state index contributed by atoms with van der Waals surface area (Å²) in [7, 11) is -4.03. The smallest absolute Gasteiger partial charge is 0.339 e. The van der Waals surface area contributed by atoms with Gasteiger partial charge in [0.2, 0.25) is 0 Å². The molecular weight excluding hydrogens is 569 g/mol. The number of aryl methyl sites for hydroxylation is 1. The van der Waals surface area contributed by atoms with E-state index in [1.54, 1.807) is 11.8 Å². The minimum Gasteiger partial charge on any atom is -0.379 e. The third-order valence-corrected chi connectivity index (χ3v) is 15.4. The van der Waals surface area contributed by atoms with Gasteiger partial charge in [-0.3, -0.25) is 0 Å². The van der Waals surface area contributed by atoms with Crippen LogP contribution in [0.3, 0.4) is 0 Å². The Morgan fingerprint density at radius 1 is 0.721 bits per heavy atom. The molecule has 0 radical (unpaired) electrons. The van der Waals surface area contributed by atoms with E-state index in [1.165, 1.54) is 74.7 Å². The van der Waals surface area contributed by atoms with Crippen molar-refractivity contribution < 1.29 is 12.6 Å². The number of thioether (sulfide) groups is 1. The molecule has 232 valence electrons. The lowest BCUT2D eigenvalue weighted by atomic mass is 9.75. The van der Waals surface area contributed by atoms with Crippen LogP contribution in [-0.2, 0) is 10.1 Å². The molecule has 3 nitrogen and oxygen atoms in total. The van der Waals surface area contributed by atoms with Gasteiger partial charge in [-0.1, -0.05) is 45.2 Å². The van der Waals surface area contributed by atoms with Crippen molar-refractivity contribution in [2.45, 2.75) is 131 Å². The molecule has 6 saturated carbocycles. The summed E-state index contributed by atoms with van der Waals surface area (Å²) < 4.78 is 36.1. The second-order valence-corrected chi connectivity index (χ2v) is 18.3. The first-order valence-electron chi connectivity index (χ1n) is 17.5. The van der Waals surface area contributed by atoms with Crippen LogP contribution >= 0.6 is 11.8 Å². The molecule has 43 heavy (non-hydrogen) atoms. The van der Waals surface area contributed by atoms with E-state index >= 15 is 0 Å². The van der Waals surface area contributed by atoms with Gasteiger partial charge in [-0.15, -0.1) is 11.8 Å². The van der Waals surface area contributed by atoms with Crippen molar-refractivity contribution in [3.05, 3.63) is 52.1 Å². The van der Waals surface area contributed by atoms with Crippen molar-refractivity contribution in [2.75, 3.05) is 6.26 Å². The number of benzene rings is 2. The number of rotatable bonds is 8. The normalized spacial score (nSPS) is 36.0. The molecule has 0 aromatic heterocycles. The summed E-state index contributed by atoms with van der Waals surface area (Å²) >= 11 is 1.73. The van der Waals surface area contributed by atoms with E-state index in [2.05, 4.69) is 38.3 Å². The molecule has 2 aromatic carbocycles. The molecule has 0 heterocycles. The van der Waals surface area contributed by atoms with Gasteiger partial charge in [0.05, 0.1) is 0 Å². The number of fused-ring (bicyclic) bond motifs is 6. The first-order valence-corrected chi connectivity index (χ1v) is 20.1. The fraction of sp³-hybridized carbons (Fsp3) is 0.684. The maximum atomic E-state index is 14.9. The summed E-state index contributed by atoms with van der Waals surface area (Å²) in [5.74, 6) is 6.56. The molecule has 0 aliphatic heterocycles. The molecule has 6 aliphatic rings. The molecule has 6 aliphatic carbocycles. The van der Waals surface area contributed by atoms with Gasteiger partial charge in [0.1, 0.15) is 10.6 Å². The van der Waals surface area contributed by atoms with E-state index in [1.807, 2.05) is 13.0 Å². The van der Waals surface area contributed by atoms with E-state index < -0.39 is 10.1 Å². The van der Waals surface area contributed by atoms with Gasteiger partial charge < -0.3 is 4.18 Å². The second kappa shape index (κ2) is 10.8. The van der Waals surface area contributed by atoms with Gasteiger partial charge in [-0.25, -0.2) is 0 Å². The summed E-state index contributed by atoms with van der Waals surface area (Å²) in [4.78, 5) is 1.80. The van der Waals surface area contributed by atoms with Crippen LogP contribution in [0.1, 0.15) is 142 Å². The van der Waals surface area contributed by atoms with Crippen LogP contribution < -0.4 is 4.18 Å². The summed E-state index contributed by atoms with van der Waals surface area (Å²) in [6.45, 7) is 6.36. The minimum absolute atomic E-state index is 0.295. The molecule has 9 atom stereocenters. The lowest BCUT2D eigenvalue weighted by Crippen LogP contribution is -2.23. The summed E-state index contributed by atoms with van der Waals surface area (Å²) in [6, 6.07) is 8.98. The standard InChI is InChI=1S/C38H50O3S2/c1-21(2)30-20-36(22(3)11-37(30)42-4)41-43(39,40)38-34(32-16-24-6-9-27(32)13-24)18-29(31-15-23-5-8-26(31)12-23)19-35(38)33-17-25-7-10-28(33)14-25/h11,18-21,23-28,31-33H,5-10,12-17H2,1-4H3. The quantitative estimate of drug-likeness (QED) is 0.218. The first-order chi connectivity index (χ1) is 20.7. The second-order valence-electron chi connectivity index (χ2n) is 15.9. The molecule has 0 amide bonds. The van der Waals surface area contributed by atoms with Crippen LogP contribution in [0.4, 0.5) is 0 Å². The number of hydrogen-bond donors (Lipinski definition) is 0. The van der Waals surface area contributed by atoms with Crippen molar-refractivity contribution in [1.29, 1.82) is 0 Å². The monoisotopic (exact) mass is 618 g/mol. The van der Waals surface area contributed by atoms with Gasteiger partial charge in [-0.05, 0) is 170 Å². The van der Waals surface area contributed by atoms with Crippen LogP contribution in [0, 0.1) is 42.4 Å². The molecule has 5 heteroatoms. The SMILES string of the molecule is CSc1cc(C)c(OS(=O)(=O)c2c(C3CC4CCC3C4)cc(C3CC4CCC3C4)cc2C2CC3CCC2C3)cc1C(C)C. The van der Waals surface area contributed by atoms with Crippen LogP contribution in [-0.4, -0.2) is 14.7 Å². The van der Waals surface area contributed by atoms with Crippen molar-refractivity contribution in [1.82, 2.24) is 0 Å². The van der Waals surface area contributed by atoms with Gasteiger partial charge in [-0.2, -0.15) is 8.42 Å². The van der Waals surface area contributed by atoms with Gasteiger partial charge in [0.25, 0.3) is 0 Å². The zero-order valence-corrected chi connectivity index (χ0v) is 28.2. The average molecular weight is 619 g/mol. The summed E-state index contributed by atoms with van der Waals surface area (Å²) in [5.41, 5.74) is 5.83. The molecule has 0 N–H and O–H groups in total. The predicted molar refractivity (Wildman–Crippen MR) is 176 cm³/mol. The van der Waals surface area contributed by atoms with Crippen LogP contribution in [0.5, 0.6) is 5.75 Å². The largest absolute Gasteiger partial charge is 0.379 e. The maximum absolute atomic E-state index is 14.9. The van der Waals surface area contributed by atoms with E-state index in [0.29, 0.717) is 46.2 Å². The zero-order valence-electron chi connectivity index (χ0n) is 26.6. The van der Waals surface area contributed by atoms with Crippen molar-refractivity contribution >= 4 is 21.9 Å². The van der Waals surface area contributed by atoms with Gasteiger partial charge >= 0.3 is 10.1 Å². The highest BCUT2D eigenvalue weighted by atomic mass is 32.2. The number of hydrogen-bond acceptors (Lipinski definition) is 4. The summed E-state index contributed by atoms with van der Waals surface area (Å²) in [5, 5.41) is 0. The van der Waals surface area contributed by atoms with Crippen molar-refractivity contribution in [3.8, 4) is 5.75 Å². The predicted octanol–water partition coefficient (Wildman–Crippen LogP) is 10.3. The Hall–Kier alpha value is -1.46. The van der Waals surface area contributed by atoms with E-state index in [0.717, 1.165) is 58.8 Å². The van der Waals surface area contributed by atoms with E-state index in [4.69, 9.17) is 4.18 Å². The summed E-state index contributed by atoms with van der Waals surface area (Å²) in [6.07, 6.45) is 17.6. The Kier molecular flexibility index (Phi) is 7.29. The van der Waals surface area contributed by atoms with Crippen molar-refractivity contribution in [2.24, 2.45) is 35.5 Å². The molecule has 6 fully saturated rings. The lowest BCUT2D eigenvalue weighted by Gasteiger charge is -2.32. The Balaban J connectivity index is 1.29. The molecular formula is C38H50O3S2. The van der Waals surface area contributed by atoms with Gasteiger partial charge in [0, 0.05) is 4.90 Å². The lowest BCUT2D eigenvalue weighted by molar-refractivity contribution is 0.392. The maximum Gasteiger partial charge on any atom is 0.339 e. The Bertz CT molecular complexity index is 1480. The van der Waals surface area contributed by atoms with Crippen LogP contribution in [0.2, 0.25) is 0 Å². The molecule has 8 rings (SSSR count). The molecule has 6 bridgehead atoms. The fourth-order valence-electron chi connectivity index (χ4n) is 11.2. The zero-order chi connectivity index (χ0) is 29.6. The van der Waals surface area contributed by atoms with E-state index in [9.17, 15) is 8.42 Å². The van der Waals surface area contributed by atoms with Gasteiger partial charge in [0.15, 0.2) is 0 Å². The average Bonchev–Trinajstić information content (AvgIpc) is 3.85.